The third-order valence-corrected chi connectivity index (χ3v) is 2.43. The molecule has 0 aromatic heterocycles. The normalized spacial score (nSPS) is 13.5. The van der Waals surface area contributed by atoms with Gasteiger partial charge in [-0.3, -0.25) is 0 Å². The van der Waals surface area contributed by atoms with E-state index in [9.17, 15) is 0 Å². The molecular formula is C12H16O2. The molecule has 14 heavy (non-hydrogen) atoms. The van der Waals surface area contributed by atoms with Crippen LogP contribution in [0.15, 0.2) is 18.2 Å². The molecule has 1 aliphatic rings. The molecule has 0 aliphatic carbocycles. The van der Waals surface area contributed by atoms with E-state index in [-0.39, 0.29) is 0 Å². The second-order valence-corrected chi connectivity index (χ2v) is 3.54. The number of hydrogen-bond donors (Lipinski definition) is 0. The maximum absolute atomic E-state index is 5.66. The van der Waals surface area contributed by atoms with Gasteiger partial charge in [-0.2, -0.15) is 0 Å². The average molecular weight is 192 g/mol. The number of unbranched alkanes of at least 4 members (excludes halogenated alkanes) is 1. The van der Waals surface area contributed by atoms with E-state index >= 15 is 0 Å². The van der Waals surface area contributed by atoms with Gasteiger partial charge in [0.2, 0.25) is 0 Å². The zero-order valence-electron chi connectivity index (χ0n) is 8.58. The van der Waals surface area contributed by atoms with Crippen molar-refractivity contribution in [1.29, 1.82) is 0 Å². The summed E-state index contributed by atoms with van der Waals surface area (Å²) in [6, 6.07) is 6.13. The van der Waals surface area contributed by atoms with Gasteiger partial charge >= 0.3 is 0 Å². The molecule has 0 spiro atoms. The lowest BCUT2D eigenvalue weighted by molar-refractivity contribution is 0.280. The van der Waals surface area contributed by atoms with Crippen LogP contribution in [0.25, 0.3) is 0 Å². The van der Waals surface area contributed by atoms with E-state index in [1.807, 2.05) is 12.1 Å². The van der Waals surface area contributed by atoms with E-state index in [0.717, 1.165) is 44.0 Å². The van der Waals surface area contributed by atoms with Crippen LogP contribution in [0.3, 0.4) is 0 Å². The Morgan fingerprint density at radius 2 is 2.36 bits per heavy atom. The summed E-state index contributed by atoms with van der Waals surface area (Å²) in [6.45, 7) is 3.75. The fourth-order valence-electron chi connectivity index (χ4n) is 1.63. The second-order valence-electron chi connectivity index (χ2n) is 3.54. The quantitative estimate of drug-likeness (QED) is 0.683. The van der Waals surface area contributed by atoms with Gasteiger partial charge in [0.15, 0.2) is 11.5 Å². The summed E-state index contributed by atoms with van der Waals surface area (Å²) < 4.78 is 11.2. The Bertz CT molecular complexity index is 307. The molecule has 0 saturated carbocycles. The smallest absolute Gasteiger partial charge is 0.164 e. The first kappa shape index (κ1) is 9.38. The largest absolute Gasteiger partial charge is 0.490 e. The van der Waals surface area contributed by atoms with Crippen LogP contribution in [-0.4, -0.2) is 13.2 Å². The van der Waals surface area contributed by atoms with Crippen LogP contribution in [0, 0.1) is 0 Å². The number of ether oxygens (including phenoxy) is 2. The summed E-state index contributed by atoms with van der Waals surface area (Å²) >= 11 is 0. The van der Waals surface area contributed by atoms with Gasteiger partial charge in [-0.25, -0.2) is 0 Å². The summed E-state index contributed by atoms with van der Waals surface area (Å²) in [5.74, 6) is 1.87. The minimum atomic E-state index is 0.788. The average Bonchev–Trinajstić information content (AvgIpc) is 2.67. The molecule has 1 heterocycles. The maximum atomic E-state index is 5.66. The summed E-state index contributed by atoms with van der Waals surface area (Å²) in [5, 5.41) is 0. The Kier molecular flexibility index (Phi) is 2.92. The molecule has 0 radical (unpaired) electrons. The monoisotopic (exact) mass is 192 g/mol. The molecule has 0 fully saturated rings. The molecule has 1 aromatic rings. The summed E-state index contributed by atoms with van der Waals surface area (Å²) in [4.78, 5) is 0. The van der Waals surface area contributed by atoms with E-state index in [1.54, 1.807) is 0 Å². The van der Waals surface area contributed by atoms with Crippen molar-refractivity contribution in [2.45, 2.75) is 26.2 Å². The second kappa shape index (κ2) is 4.36. The topological polar surface area (TPSA) is 18.5 Å². The Balaban J connectivity index is 2.06. The van der Waals surface area contributed by atoms with Gasteiger partial charge in [-0.1, -0.05) is 25.5 Å². The lowest BCUT2D eigenvalue weighted by atomic mass is 10.1. The third kappa shape index (κ3) is 1.84. The van der Waals surface area contributed by atoms with Crippen LogP contribution in [0.1, 0.15) is 25.3 Å². The highest BCUT2D eigenvalue weighted by atomic mass is 16.5. The highest BCUT2D eigenvalue weighted by molar-refractivity contribution is 5.48. The van der Waals surface area contributed by atoms with Crippen molar-refractivity contribution < 1.29 is 9.47 Å². The Morgan fingerprint density at radius 3 is 3.21 bits per heavy atom. The Labute approximate surface area is 84.8 Å². The van der Waals surface area contributed by atoms with Gasteiger partial charge in [-0.05, 0) is 12.5 Å². The first-order valence-electron chi connectivity index (χ1n) is 5.29. The molecule has 2 heteroatoms. The van der Waals surface area contributed by atoms with Crippen molar-refractivity contribution >= 4 is 0 Å². The van der Waals surface area contributed by atoms with E-state index in [0.29, 0.717) is 0 Å². The first-order chi connectivity index (χ1) is 6.92. The van der Waals surface area contributed by atoms with E-state index in [1.165, 1.54) is 5.56 Å². The molecule has 76 valence electrons. The molecule has 2 rings (SSSR count). The van der Waals surface area contributed by atoms with Gasteiger partial charge in [0.1, 0.15) is 0 Å². The molecular weight excluding hydrogens is 176 g/mol. The number of fused-ring (bicyclic) bond motifs is 1. The van der Waals surface area contributed by atoms with Gasteiger partial charge < -0.3 is 9.47 Å². The molecule has 0 unspecified atom stereocenters. The van der Waals surface area contributed by atoms with Crippen molar-refractivity contribution in [3.05, 3.63) is 23.8 Å². The Hall–Kier alpha value is -1.18. The van der Waals surface area contributed by atoms with Crippen LogP contribution in [0.5, 0.6) is 11.5 Å². The molecule has 1 aliphatic heterocycles. The van der Waals surface area contributed by atoms with Crippen molar-refractivity contribution in [1.82, 2.24) is 0 Å². The minimum Gasteiger partial charge on any atom is -0.490 e. The van der Waals surface area contributed by atoms with E-state index < -0.39 is 0 Å². The fraction of sp³-hybridized carbons (Fsp3) is 0.500. The van der Waals surface area contributed by atoms with Gasteiger partial charge in [0.25, 0.3) is 0 Å². The lowest BCUT2D eigenvalue weighted by Gasteiger charge is -2.09. The SMILES string of the molecule is CCCCOc1cccc2c1OCC2. The summed E-state index contributed by atoms with van der Waals surface area (Å²) in [7, 11) is 0. The first-order valence-corrected chi connectivity index (χ1v) is 5.29. The van der Waals surface area contributed by atoms with Gasteiger partial charge in [0, 0.05) is 12.0 Å². The zero-order chi connectivity index (χ0) is 9.80. The molecule has 0 atom stereocenters. The number of benzene rings is 1. The standard InChI is InChI=1S/C12H16O2/c1-2-3-8-13-11-6-4-5-10-7-9-14-12(10)11/h4-6H,2-3,7-9H2,1H3. The number of para-hydroxylation sites is 1. The number of hydrogen-bond acceptors (Lipinski definition) is 2. The third-order valence-electron chi connectivity index (χ3n) is 2.43. The fourth-order valence-corrected chi connectivity index (χ4v) is 1.63. The van der Waals surface area contributed by atoms with Crippen molar-refractivity contribution in [3.63, 3.8) is 0 Å². The lowest BCUT2D eigenvalue weighted by Crippen LogP contribution is -1.98. The van der Waals surface area contributed by atoms with E-state index in [4.69, 9.17) is 9.47 Å². The van der Waals surface area contributed by atoms with Crippen LogP contribution in [0.2, 0.25) is 0 Å². The molecule has 1 aromatic carbocycles. The molecule has 0 amide bonds. The van der Waals surface area contributed by atoms with Crippen LogP contribution in [0.4, 0.5) is 0 Å². The summed E-state index contributed by atoms with van der Waals surface area (Å²) in [5.41, 5.74) is 1.28. The summed E-state index contributed by atoms with van der Waals surface area (Å²) in [6.07, 6.45) is 3.28. The predicted molar refractivity (Wildman–Crippen MR) is 56.0 cm³/mol. The zero-order valence-corrected chi connectivity index (χ0v) is 8.58. The van der Waals surface area contributed by atoms with Crippen LogP contribution < -0.4 is 9.47 Å². The van der Waals surface area contributed by atoms with Crippen molar-refractivity contribution in [2.75, 3.05) is 13.2 Å². The molecule has 0 saturated heterocycles. The predicted octanol–water partition coefficient (Wildman–Crippen LogP) is 2.80. The highest BCUT2D eigenvalue weighted by Gasteiger charge is 2.16. The Morgan fingerprint density at radius 1 is 1.43 bits per heavy atom. The van der Waals surface area contributed by atoms with Crippen molar-refractivity contribution in [3.8, 4) is 11.5 Å². The highest BCUT2D eigenvalue weighted by Crippen LogP contribution is 2.35. The molecule has 0 bridgehead atoms. The molecule has 0 N–H and O–H groups in total. The van der Waals surface area contributed by atoms with Crippen LogP contribution in [-0.2, 0) is 6.42 Å². The van der Waals surface area contributed by atoms with Gasteiger partial charge in [0.05, 0.1) is 13.2 Å². The van der Waals surface area contributed by atoms with E-state index in [2.05, 4.69) is 13.0 Å². The minimum absolute atomic E-state index is 0.788. The van der Waals surface area contributed by atoms with Crippen LogP contribution >= 0.6 is 0 Å². The maximum Gasteiger partial charge on any atom is 0.164 e. The van der Waals surface area contributed by atoms with Crippen molar-refractivity contribution in [2.24, 2.45) is 0 Å². The van der Waals surface area contributed by atoms with Gasteiger partial charge in [-0.15, -0.1) is 0 Å². The molecule has 2 nitrogen and oxygen atoms in total. The number of rotatable bonds is 4.